The number of nitrogens with zero attached hydrogens (tertiary/aromatic N) is 1. The minimum absolute atomic E-state index is 0.120. The molecular formula is C11H13ClN2O2. The third-order valence-electron chi connectivity index (χ3n) is 2.79. The van der Waals surface area contributed by atoms with Crippen LogP contribution < -0.4 is 5.56 Å². The maximum atomic E-state index is 12.0. The highest BCUT2D eigenvalue weighted by Crippen LogP contribution is 2.18. The van der Waals surface area contributed by atoms with Crippen molar-refractivity contribution in [1.29, 1.82) is 0 Å². The number of hydrogen-bond acceptors (Lipinski definition) is 2. The van der Waals surface area contributed by atoms with Crippen molar-refractivity contribution in [2.24, 2.45) is 5.92 Å². The molecule has 1 saturated heterocycles. The number of alkyl halides is 1. The Labute approximate surface area is 98.2 Å². The maximum absolute atomic E-state index is 12.0. The molecule has 86 valence electrons. The Hall–Kier alpha value is -1.29. The van der Waals surface area contributed by atoms with Gasteiger partial charge in [-0.1, -0.05) is 6.07 Å². The summed E-state index contributed by atoms with van der Waals surface area (Å²) < 4.78 is 0. The molecule has 0 spiro atoms. The number of H-pyrrole nitrogens is 1. The molecule has 1 fully saturated rings. The van der Waals surface area contributed by atoms with Gasteiger partial charge in [0.2, 0.25) is 5.56 Å². The van der Waals surface area contributed by atoms with E-state index in [9.17, 15) is 9.59 Å². The van der Waals surface area contributed by atoms with Gasteiger partial charge in [-0.15, -0.1) is 11.6 Å². The third-order valence-corrected chi connectivity index (χ3v) is 3.23. The van der Waals surface area contributed by atoms with Gasteiger partial charge in [0.05, 0.1) is 0 Å². The Kier molecular flexibility index (Phi) is 3.29. The van der Waals surface area contributed by atoms with Gasteiger partial charge < -0.3 is 9.88 Å². The van der Waals surface area contributed by atoms with E-state index in [0.717, 1.165) is 6.42 Å². The van der Waals surface area contributed by atoms with Gasteiger partial charge in [-0.3, -0.25) is 9.59 Å². The molecule has 1 aromatic heterocycles. The van der Waals surface area contributed by atoms with E-state index < -0.39 is 0 Å². The average molecular weight is 241 g/mol. The zero-order valence-corrected chi connectivity index (χ0v) is 9.54. The van der Waals surface area contributed by atoms with Crippen LogP contribution in [0.15, 0.2) is 23.0 Å². The number of pyridine rings is 1. The zero-order chi connectivity index (χ0) is 11.5. The van der Waals surface area contributed by atoms with Crippen molar-refractivity contribution in [3.63, 3.8) is 0 Å². The molecule has 1 amide bonds. The molecule has 0 aromatic carbocycles. The summed E-state index contributed by atoms with van der Waals surface area (Å²) in [6.07, 6.45) is 0.937. The van der Waals surface area contributed by atoms with Gasteiger partial charge >= 0.3 is 0 Å². The number of amides is 1. The normalized spacial score (nSPS) is 20.1. The van der Waals surface area contributed by atoms with E-state index >= 15 is 0 Å². The summed E-state index contributed by atoms with van der Waals surface area (Å²) in [5.74, 6) is 0.834. The van der Waals surface area contributed by atoms with Crippen LogP contribution in [0.5, 0.6) is 0 Å². The molecule has 2 heterocycles. The second-order valence-corrected chi connectivity index (χ2v) is 4.30. The molecular weight excluding hydrogens is 228 g/mol. The zero-order valence-electron chi connectivity index (χ0n) is 8.78. The van der Waals surface area contributed by atoms with Crippen LogP contribution >= 0.6 is 11.6 Å². The average Bonchev–Trinajstić information content (AvgIpc) is 2.76. The van der Waals surface area contributed by atoms with Crippen molar-refractivity contribution < 1.29 is 4.79 Å². The van der Waals surface area contributed by atoms with Crippen LogP contribution in [0.2, 0.25) is 0 Å². The standard InChI is InChI=1S/C11H13ClN2O2/c12-6-8-4-5-14(7-8)11(16)9-2-1-3-10(15)13-9/h1-3,8H,4-7H2,(H,13,15). The molecule has 1 aromatic rings. The number of carbonyl (C=O) groups excluding carboxylic acids is 1. The van der Waals surface area contributed by atoms with Crippen LogP contribution in [0.25, 0.3) is 0 Å². The minimum atomic E-state index is -0.251. The van der Waals surface area contributed by atoms with Crippen LogP contribution in [0, 0.1) is 5.92 Å². The molecule has 1 atom stereocenters. The molecule has 1 N–H and O–H groups in total. The largest absolute Gasteiger partial charge is 0.337 e. The molecule has 0 aliphatic carbocycles. The molecule has 2 rings (SSSR count). The number of aromatic amines is 1. The fourth-order valence-corrected chi connectivity index (χ4v) is 2.14. The topological polar surface area (TPSA) is 53.2 Å². The smallest absolute Gasteiger partial charge is 0.270 e. The second-order valence-electron chi connectivity index (χ2n) is 3.99. The Bertz CT molecular complexity index is 444. The fraction of sp³-hybridized carbons (Fsp3) is 0.455. The van der Waals surface area contributed by atoms with Crippen molar-refractivity contribution in [3.8, 4) is 0 Å². The first-order valence-electron chi connectivity index (χ1n) is 5.25. The third kappa shape index (κ3) is 2.27. The van der Waals surface area contributed by atoms with Gasteiger partial charge in [0, 0.05) is 25.0 Å². The number of rotatable bonds is 2. The lowest BCUT2D eigenvalue weighted by Crippen LogP contribution is -2.30. The fourth-order valence-electron chi connectivity index (χ4n) is 1.89. The molecule has 4 nitrogen and oxygen atoms in total. The number of nitrogens with one attached hydrogen (secondary N) is 1. The van der Waals surface area contributed by atoms with Crippen molar-refractivity contribution in [2.45, 2.75) is 6.42 Å². The highest BCUT2D eigenvalue weighted by molar-refractivity contribution is 6.18. The van der Waals surface area contributed by atoms with E-state index in [0.29, 0.717) is 30.6 Å². The van der Waals surface area contributed by atoms with Crippen molar-refractivity contribution in [2.75, 3.05) is 19.0 Å². The molecule has 0 radical (unpaired) electrons. The lowest BCUT2D eigenvalue weighted by atomic mass is 10.2. The number of halogens is 1. The van der Waals surface area contributed by atoms with Gasteiger partial charge in [0.1, 0.15) is 5.69 Å². The molecule has 0 saturated carbocycles. The van der Waals surface area contributed by atoms with E-state index in [2.05, 4.69) is 4.98 Å². The summed E-state index contributed by atoms with van der Waals surface area (Å²) in [7, 11) is 0. The van der Waals surface area contributed by atoms with Crippen LogP contribution in [0.3, 0.4) is 0 Å². The van der Waals surface area contributed by atoms with Crippen LogP contribution in [0.1, 0.15) is 16.9 Å². The van der Waals surface area contributed by atoms with Crippen molar-refractivity contribution >= 4 is 17.5 Å². The van der Waals surface area contributed by atoms with Crippen LogP contribution in [0.4, 0.5) is 0 Å². The van der Waals surface area contributed by atoms with E-state index in [-0.39, 0.29) is 11.5 Å². The number of likely N-dealkylation sites (tertiary alicyclic amines) is 1. The van der Waals surface area contributed by atoms with Gasteiger partial charge in [0.25, 0.3) is 5.91 Å². The molecule has 16 heavy (non-hydrogen) atoms. The summed E-state index contributed by atoms with van der Waals surface area (Å²) >= 11 is 5.75. The molecule has 0 bridgehead atoms. The molecule has 1 aliphatic heterocycles. The van der Waals surface area contributed by atoms with Crippen LogP contribution in [-0.2, 0) is 0 Å². The van der Waals surface area contributed by atoms with Crippen molar-refractivity contribution in [3.05, 3.63) is 34.2 Å². The predicted molar refractivity (Wildman–Crippen MR) is 61.8 cm³/mol. The lowest BCUT2D eigenvalue weighted by Gasteiger charge is -2.15. The summed E-state index contributed by atoms with van der Waals surface area (Å²) in [4.78, 5) is 27.3. The van der Waals surface area contributed by atoms with Crippen molar-refractivity contribution in [1.82, 2.24) is 9.88 Å². The summed E-state index contributed by atoms with van der Waals surface area (Å²) in [5.41, 5.74) is 0.0988. The Morgan fingerprint density at radius 3 is 3.00 bits per heavy atom. The lowest BCUT2D eigenvalue weighted by molar-refractivity contribution is 0.0782. The van der Waals surface area contributed by atoms with E-state index in [1.807, 2.05) is 0 Å². The number of hydrogen-bond donors (Lipinski definition) is 1. The molecule has 5 heteroatoms. The number of carbonyl (C=O) groups is 1. The Morgan fingerprint density at radius 1 is 1.56 bits per heavy atom. The van der Waals surface area contributed by atoms with Gasteiger partial charge in [-0.05, 0) is 18.4 Å². The highest BCUT2D eigenvalue weighted by atomic mass is 35.5. The number of aromatic nitrogens is 1. The Balaban J connectivity index is 2.11. The van der Waals surface area contributed by atoms with Gasteiger partial charge in [-0.25, -0.2) is 0 Å². The summed E-state index contributed by atoms with van der Waals surface area (Å²) in [5, 5.41) is 0. The Morgan fingerprint density at radius 2 is 2.38 bits per heavy atom. The second kappa shape index (κ2) is 4.70. The van der Waals surface area contributed by atoms with Crippen LogP contribution in [-0.4, -0.2) is 34.8 Å². The monoisotopic (exact) mass is 240 g/mol. The maximum Gasteiger partial charge on any atom is 0.270 e. The minimum Gasteiger partial charge on any atom is -0.337 e. The first-order valence-corrected chi connectivity index (χ1v) is 5.78. The summed E-state index contributed by atoms with van der Waals surface area (Å²) in [6.45, 7) is 1.40. The first-order chi connectivity index (χ1) is 7.70. The van der Waals surface area contributed by atoms with E-state index in [1.165, 1.54) is 6.07 Å². The van der Waals surface area contributed by atoms with Gasteiger partial charge in [0.15, 0.2) is 0 Å². The molecule has 1 unspecified atom stereocenters. The quantitative estimate of drug-likeness (QED) is 0.787. The van der Waals surface area contributed by atoms with E-state index in [4.69, 9.17) is 11.6 Å². The first kappa shape index (κ1) is 11.2. The van der Waals surface area contributed by atoms with E-state index in [1.54, 1.807) is 17.0 Å². The molecule has 1 aliphatic rings. The predicted octanol–water partition coefficient (Wildman–Crippen LogP) is 1.08. The van der Waals surface area contributed by atoms with Gasteiger partial charge in [-0.2, -0.15) is 0 Å². The summed E-state index contributed by atoms with van der Waals surface area (Å²) in [6, 6.07) is 4.60. The SMILES string of the molecule is O=C(c1cccc(=O)[nH]1)N1CCC(CCl)C1. The highest BCUT2D eigenvalue weighted by Gasteiger charge is 2.26.